The maximum Gasteiger partial charge on any atom is 0.229 e. The molecular formula is C9H10N4O2. The largest absolute Gasteiger partial charge is 0.297 e. The van der Waals surface area contributed by atoms with E-state index in [-0.39, 0.29) is 11.8 Å². The molecule has 0 N–H and O–H groups in total. The number of hydrogen-bond donors (Lipinski definition) is 0. The van der Waals surface area contributed by atoms with E-state index in [0.29, 0.717) is 18.1 Å². The number of aliphatic imine (C=N–C) groups is 1. The van der Waals surface area contributed by atoms with E-state index >= 15 is 0 Å². The lowest BCUT2D eigenvalue weighted by molar-refractivity contribution is -0.125. The molecule has 1 aliphatic rings. The molecule has 6 heteroatoms. The van der Waals surface area contributed by atoms with Gasteiger partial charge in [-0.25, -0.2) is 9.98 Å². The standard InChI is InChI=1S/C9H10N4O2/c1-6(14)12-3-8-9(10-4-12)11-5-13(8)7(2)15/h4-5H,3H2,1-2H3. The molecule has 0 saturated heterocycles. The Bertz CT molecular complexity index is 461. The van der Waals surface area contributed by atoms with Crippen molar-refractivity contribution in [1.82, 2.24) is 14.5 Å². The Labute approximate surface area is 86.2 Å². The van der Waals surface area contributed by atoms with Gasteiger partial charge in [-0.05, 0) is 0 Å². The summed E-state index contributed by atoms with van der Waals surface area (Å²) in [5.41, 5.74) is 0.653. The summed E-state index contributed by atoms with van der Waals surface area (Å²) in [4.78, 5) is 31.8. The van der Waals surface area contributed by atoms with Gasteiger partial charge in [-0.1, -0.05) is 0 Å². The Morgan fingerprint density at radius 1 is 1.33 bits per heavy atom. The van der Waals surface area contributed by atoms with Gasteiger partial charge in [0.05, 0.1) is 12.2 Å². The average Bonchev–Trinajstić information content (AvgIpc) is 2.59. The van der Waals surface area contributed by atoms with E-state index in [1.807, 2.05) is 0 Å². The molecule has 0 spiro atoms. The predicted octanol–water partition coefficient (Wildman–Crippen LogP) is 0.565. The van der Waals surface area contributed by atoms with Crippen molar-refractivity contribution in [2.75, 3.05) is 0 Å². The van der Waals surface area contributed by atoms with Crippen LogP contribution in [0.4, 0.5) is 5.82 Å². The number of hydrogen-bond acceptors (Lipinski definition) is 4. The fourth-order valence-corrected chi connectivity index (χ4v) is 1.41. The first-order valence-corrected chi connectivity index (χ1v) is 4.48. The van der Waals surface area contributed by atoms with Crippen molar-refractivity contribution in [2.24, 2.45) is 4.99 Å². The van der Waals surface area contributed by atoms with Crippen molar-refractivity contribution in [1.29, 1.82) is 0 Å². The quantitative estimate of drug-likeness (QED) is 0.623. The third-order valence-electron chi connectivity index (χ3n) is 2.23. The lowest BCUT2D eigenvalue weighted by Crippen LogP contribution is -2.30. The van der Waals surface area contributed by atoms with E-state index in [1.165, 1.54) is 36.0 Å². The van der Waals surface area contributed by atoms with Crippen LogP contribution in [0.5, 0.6) is 0 Å². The van der Waals surface area contributed by atoms with Gasteiger partial charge in [-0.3, -0.25) is 19.1 Å². The number of carbonyl (C=O) groups excluding carboxylic acids is 2. The van der Waals surface area contributed by atoms with Gasteiger partial charge in [0.15, 0.2) is 5.82 Å². The first-order valence-electron chi connectivity index (χ1n) is 4.48. The van der Waals surface area contributed by atoms with Gasteiger partial charge in [0.25, 0.3) is 0 Å². The topological polar surface area (TPSA) is 67.6 Å². The molecular weight excluding hydrogens is 196 g/mol. The second kappa shape index (κ2) is 3.30. The molecule has 1 aliphatic heterocycles. The minimum absolute atomic E-state index is 0.110. The molecule has 0 fully saturated rings. The lowest BCUT2D eigenvalue weighted by Gasteiger charge is -2.19. The van der Waals surface area contributed by atoms with Gasteiger partial charge >= 0.3 is 0 Å². The van der Waals surface area contributed by atoms with Gasteiger partial charge in [-0.2, -0.15) is 0 Å². The second-order valence-corrected chi connectivity index (χ2v) is 3.30. The van der Waals surface area contributed by atoms with Crippen molar-refractivity contribution < 1.29 is 9.59 Å². The molecule has 1 aromatic rings. The summed E-state index contributed by atoms with van der Waals surface area (Å²) in [7, 11) is 0. The van der Waals surface area contributed by atoms with Gasteiger partial charge < -0.3 is 0 Å². The van der Waals surface area contributed by atoms with Crippen LogP contribution in [0, 0.1) is 0 Å². The van der Waals surface area contributed by atoms with Crippen molar-refractivity contribution in [3.8, 4) is 0 Å². The zero-order chi connectivity index (χ0) is 11.0. The number of imidazole rings is 1. The number of fused-ring (bicyclic) bond motifs is 1. The van der Waals surface area contributed by atoms with Crippen LogP contribution in [0.25, 0.3) is 0 Å². The molecule has 1 amide bonds. The molecule has 2 rings (SSSR count). The van der Waals surface area contributed by atoms with E-state index in [2.05, 4.69) is 9.98 Å². The molecule has 0 atom stereocenters. The van der Waals surface area contributed by atoms with Crippen LogP contribution in [0.3, 0.4) is 0 Å². The smallest absolute Gasteiger partial charge is 0.229 e. The Hall–Kier alpha value is -1.98. The minimum atomic E-state index is -0.135. The molecule has 6 nitrogen and oxygen atoms in total. The van der Waals surface area contributed by atoms with Crippen LogP contribution in [-0.4, -0.2) is 32.6 Å². The summed E-state index contributed by atoms with van der Waals surface area (Å²) in [5, 5.41) is 0. The zero-order valence-electron chi connectivity index (χ0n) is 8.47. The van der Waals surface area contributed by atoms with E-state index in [0.717, 1.165) is 0 Å². The average molecular weight is 206 g/mol. The molecule has 78 valence electrons. The Morgan fingerprint density at radius 3 is 2.67 bits per heavy atom. The molecule has 15 heavy (non-hydrogen) atoms. The molecule has 0 radical (unpaired) electrons. The van der Waals surface area contributed by atoms with Crippen LogP contribution >= 0.6 is 0 Å². The normalized spacial score (nSPS) is 13.9. The number of amides is 1. The fourth-order valence-electron chi connectivity index (χ4n) is 1.41. The minimum Gasteiger partial charge on any atom is -0.297 e. The molecule has 0 saturated carbocycles. The summed E-state index contributed by atoms with van der Waals surface area (Å²) < 4.78 is 1.40. The van der Waals surface area contributed by atoms with Crippen LogP contribution < -0.4 is 0 Å². The van der Waals surface area contributed by atoms with E-state index in [4.69, 9.17) is 0 Å². The predicted molar refractivity (Wildman–Crippen MR) is 52.9 cm³/mol. The van der Waals surface area contributed by atoms with Crippen molar-refractivity contribution in [2.45, 2.75) is 20.4 Å². The zero-order valence-corrected chi connectivity index (χ0v) is 8.47. The summed E-state index contributed by atoms with van der Waals surface area (Å²) in [6.45, 7) is 3.23. The SMILES string of the molecule is CC(=O)N1C=Nc2ncn(C(C)=O)c2C1. The summed E-state index contributed by atoms with van der Waals surface area (Å²) in [5.74, 6) is 0.257. The van der Waals surface area contributed by atoms with Gasteiger partial charge in [0.2, 0.25) is 11.8 Å². The van der Waals surface area contributed by atoms with Crippen LogP contribution in [0.15, 0.2) is 11.3 Å². The molecule has 0 aliphatic carbocycles. The maximum atomic E-state index is 11.2. The second-order valence-electron chi connectivity index (χ2n) is 3.30. The Morgan fingerprint density at radius 2 is 2.07 bits per heavy atom. The van der Waals surface area contributed by atoms with Crippen LogP contribution in [-0.2, 0) is 11.3 Å². The van der Waals surface area contributed by atoms with Gasteiger partial charge in [0.1, 0.15) is 12.7 Å². The Balaban J connectivity index is 2.41. The van der Waals surface area contributed by atoms with Crippen LogP contribution in [0.2, 0.25) is 0 Å². The highest BCUT2D eigenvalue weighted by Gasteiger charge is 2.20. The molecule has 0 bridgehead atoms. The first kappa shape index (κ1) is 9.57. The number of carbonyl (C=O) groups is 2. The first-order chi connectivity index (χ1) is 7.09. The van der Waals surface area contributed by atoms with Crippen molar-refractivity contribution in [3.63, 3.8) is 0 Å². The Kier molecular flexibility index (Phi) is 2.11. The summed E-state index contributed by atoms with van der Waals surface area (Å²) in [6, 6.07) is 0. The van der Waals surface area contributed by atoms with Crippen molar-refractivity contribution >= 4 is 24.0 Å². The number of aromatic nitrogens is 2. The number of nitrogens with zero attached hydrogens (tertiary/aromatic N) is 4. The molecule has 1 aromatic heterocycles. The third kappa shape index (κ3) is 1.54. The monoisotopic (exact) mass is 206 g/mol. The van der Waals surface area contributed by atoms with E-state index in [1.54, 1.807) is 0 Å². The summed E-state index contributed by atoms with van der Waals surface area (Å²) >= 11 is 0. The van der Waals surface area contributed by atoms with Crippen molar-refractivity contribution in [3.05, 3.63) is 12.0 Å². The lowest BCUT2D eigenvalue weighted by atomic mass is 10.3. The van der Waals surface area contributed by atoms with Crippen LogP contribution in [0.1, 0.15) is 24.3 Å². The highest BCUT2D eigenvalue weighted by Crippen LogP contribution is 2.22. The van der Waals surface area contributed by atoms with E-state index in [9.17, 15) is 9.59 Å². The fraction of sp³-hybridized carbons (Fsp3) is 0.333. The molecule has 0 aromatic carbocycles. The maximum absolute atomic E-state index is 11.2. The highest BCUT2D eigenvalue weighted by atomic mass is 16.2. The molecule has 0 unspecified atom stereocenters. The van der Waals surface area contributed by atoms with Gasteiger partial charge in [-0.15, -0.1) is 0 Å². The molecule has 2 heterocycles. The number of rotatable bonds is 0. The van der Waals surface area contributed by atoms with Gasteiger partial charge in [0, 0.05) is 13.8 Å². The summed E-state index contributed by atoms with van der Waals surface area (Å²) in [6.07, 6.45) is 2.86. The third-order valence-corrected chi connectivity index (χ3v) is 2.23. The van der Waals surface area contributed by atoms with E-state index < -0.39 is 0 Å². The highest BCUT2D eigenvalue weighted by molar-refractivity contribution is 5.88.